The Morgan fingerprint density at radius 1 is 0.964 bits per heavy atom. The zero-order valence-electron chi connectivity index (χ0n) is 19.2. The van der Waals surface area contributed by atoms with Crippen LogP contribution in [0.15, 0.2) is 12.4 Å². The van der Waals surface area contributed by atoms with Gasteiger partial charge in [0.15, 0.2) is 0 Å². The fourth-order valence-corrected chi connectivity index (χ4v) is 4.40. The van der Waals surface area contributed by atoms with Gasteiger partial charge < -0.3 is 9.80 Å². The zero-order chi connectivity index (χ0) is 20.5. The van der Waals surface area contributed by atoms with Crippen LogP contribution in [-0.4, -0.2) is 71.6 Å². The standard InChI is InChI=1S/C21H37N5.C2H6/c1-17(2)25-15-19-10-11-20(16-25)26(19)21-22-13-18(14-23-21)9-7-5-6-8-12-24(3)4;1-2/h13-14,17,19-20H,5-12,15-16H2,1-4H3;1-2H3. The molecular formula is C23H43N5. The molecular weight excluding hydrogens is 346 g/mol. The zero-order valence-corrected chi connectivity index (χ0v) is 19.2. The number of rotatable bonds is 9. The molecule has 2 fully saturated rings. The molecule has 0 N–H and O–H groups in total. The molecule has 2 bridgehead atoms. The van der Waals surface area contributed by atoms with E-state index in [1.807, 2.05) is 13.8 Å². The molecule has 2 aliphatic heterocycles. The van der Waals surface area contributed by atoms with E-state index in [2.05, 4.69) is 55.0 Å². The molecule has 0 saturated carbocycles. The number of aromatic nitrogens is 2. The second kappa shape index (κ2) is 11.7. The normalized spacial score (nSPS) is 21.9. The van der Waals surface area contributed by atoms with Crippen LogP contribution in [0.2, 0.25) is 0 Å². The van der Waals surface area contributed by atoms with E-state index in [4.69, 9.17) is 9.97 Å². The van der Waals surface area contributed by atoms with Gasteiger partial charge in [-0.05, 0) is 72.2 Å². The monoisotopic (exact) mass is 389 g/mol. The predicted molar refractivity (Wildman–Crippen MR) is 120 cm³/mol. The van der Waals surface area contributed by atoms with E-state index in [1.54, 1.807) is 0 Å². The molecule has 28 heavy (non-hydrogen) atoms. The second-order valence-electron chi connectivity index (χ2n) is 8.70. The Bertz CT molecular complexity index is 528. The highest BCUT2D eigenvalue weighted by Crippen LogP contribution is 2.33. The smallest absolute Gasteiger partial charge is 0.225 e. The lowest BCUT2D eigenvalue weighted by atomic mass is 10.1. The maximum absolute atomic E-state index is 4.74. The van der Waals surface area contributed by atoms with Gasteiger partial charge in [-0.3, -0.25) is 4.90 Å². The molecule has 3 rings (SSSR count). The lowest BCUT2D eigenvalue weighted by Gasteiger charge is -2.42. The summed E-state index contributed by atoms with van der Waals surface area (Å²) >= 11 is 0. The van der Waals surface area contributed by atoms with Crippen LogP contribution < -0.4 is 4.90 Å². The number of hydrogen-bond donors (Lipinski definition) is 0. The molecule has 1 aromatic rings. The van der Waals surface area contributed by atoms with E-state index in [1.165, 1.54) is 50.6 Å². The first-order chi connectivity index (χ1) is 13.5. The summed E-state index contributed by atoms with van der Waals surface area (Å²) in [5.41, 5.74) is 1.29. The number of anilines is 1. The van der Waals surface area contributed by atoms with Crippen molar-refractivity contribution >= 4 is 5.95 Å². The van der Waals surface area contributed by atoms with Crippen LogP contribution in [0.25, 0.3) is 0 Å². The van der Waals surface area contributed by atoms with Crippen molar-refractivity contribution in [2.24, 2.45) is 0 Å². The molecule has 160 valence electrons. The summed E-state index contributed by atoms with van der Waals surface area (Å²) in [7, 11) is 4.29. The quantitative estimate of drug-likeness (QED) is 0.591. The van der Waals surface area contributed by atoms with Gasteiger partial charge in [0.1, 0.15) is 0 Å². The fraction of sp³-hybridized carbons (Fsp3) is 0.826. The molecule has 0 aliphatic carbocycles. The number of nitrogens with zero attached hydrogens (tertiary/aromatic N) is 5. The van der Waals surface area contributed by atoms with Crippen LogP contribution in [0.1, 0.15) is 71.8 Å². The number of likely N-dealkylation sites (tertiary alicyclic amines) is 1. The van der Waals surface area contributed by atoms with Crippen molar-refractivity contribution in [2.75, 3.05) is 38.6 Å². The summed E-state index contributed by atoms with van der Waals surface area (Å²) in [6.45, 7) is 12.1. The largest absolute Gasteiger partial charge is 0.332 e. The molecule has 0 amide bonds. The van der Waals surface area contributed by atoms with Crippen molar-refractivity contribution in [1.82, 2.24) is 19.8 Å². The van der Waals surface area contributed by atoms with Gasteiger partial charge in [0.2, 0.25) is 5.95 Å². The van der Waals surface area contributed by atoms with Crippen molar-refractivity contribution < 1.29 is 0 Å². The van der Waals surface area contributed by atoms with Crippen molar-refractivity contribution in [3.8, 4) is 0 Å². The van der Waals surface area contributed by atoms with Crippen LogP contribution in [0.5, 0.6) is 0 Å². The first-order valence-electron chi connectivity index (χ1n) is 11.5. The summed E-state index contributed by atoms with van der Waals surface area (Å²) in [6.07, 6.45) is 13.0. The molecule has 0 radical (unpaired) electrons. The molecule has 2 aliphatic rings. The van der Waals surface area contributed by atoms with Crippen LogP contribution in [0, 0.1) is 0 Å². The Morgan fingerprint density at radius 2 is 1.54 bits per heavy atom. The first-order valence-corrected chi connectivity index (χ1v) is 11.5. The van der Waals surface area contributed by atoms with Crippen LogP contribution in [-0.2, 0) is 6.42 Å². The highest BCUT2D eigenvalue weighted by molar-refractivity contribution is 5.37. The molecule has 5 heteroatoms. The average Bonchev–Trinajstić information content (AvgIpc) is 2.95. The predicted octanol–water partition coefficient (Wildman–Crippen LogP) is 4.23. The Hall–Kier alpha value is -1.20. The van der Waals surface area contributed by atoms with Crippen molar-refractivity contribution in [1.29, 1.82) is 0 Å². The number of fused-ring (bicyclic) bond motifs is 2. The summed E-state index contributed by atoms with van der Waals surface area (Å²) in [4.78, 5) is 16.9. The number of piperazine rings is 1. The van der Waals surface area contributed by atoms with Gasteiger partial charge in [-0.2, -0.15) is 0 Å². The minimum atomic E-state index is 0.596. The molecule has 1 aromatic heterocycles. The van der Waals surface area contributed by atoms with E-state index in [0.717, 1.165) is 25.5 Å². The number of aryl methyl sites for hydroxylation is 1. The minimum absolute atomic E-state index is 0.596. The molecule has 2 unspecified atom stereocenters. The van der Waals surface area contributed by atoms with Gasteiger partial charge in [-0.15, -0.1) is 0 Å². The van der Waals surface area contributed by atoms with E-state index in [-0.39, 0.29) is 0 Å². The third-order valence-electron chi connectivity index (χ3n) is 5.98. The van der Waals surface area contributed by atoms with E-state index < -0.39 is 0 Å². The Morgan fingerprint density at radius 3 is 2.07 bits per heavy atom. The summed E-state index contributed by atoms with van der Waals surface area (Å²) in [5.74, 6) is 0.954. The third kappa shape index (κ3) is 6.41. The Labute approximate surface area is 173 Å². The van der Waals surface area contributed by atoms with E-state index >= 15 is 0 Å². The molecule has 2 atom stereocenters. The molecule has 5 nitrogen and oxygen atoms in total. The SMILES string of the molecule is CC.CC(C)N1CC2CCC(C1)N2c1ncc(CCCCCCN(C)C)cn1. The topological polar surface area (TPSA) is 35.5 Å². The summed E-state index contributed by atoms with van der Waals surface area (Å²) in [5, 5.41) is 0. The lowest BCUT2D eigenvalue weighted by Crippen LogP contribution is -2.56. The van der Waals surface area contributed by atoms with Crippen molar-refractivity contribution in [3.05, 3.63) is 18.0 Å². The Balaban J connectivity index is 0.00000136. The minimum Gasteiger partial charge on any atom is -0.332 e. The Kier molecular flexibility index (Phi) is 9.66. The summed E-state index contributed by atoms with van der Waals surface area (Å²) < 4.78 is 0. The molecule has 2 saturated heterocycles. The maximum atomic E-state index is 4.74. The van der Waals surface area contributed by atoms with Crippen LogP contribution in [0.3, 0.4) is 0 Å². The average molecular weight is 390 g/mol. The first kappa shape index (κ1) is 23.1. The highest BCUT2D eigenvalue weighted by atomic mass is 15.4. The summed E-state index contributed by atoms with van der Waals surface area (Å²) in [6, 6.07) is 1.83. The van der Waals surface area contributed by atoms with E-state index in [9.17, 15) is 0 Å². The molecule has 0 aromatic carbocycles. The van der Waals surface area contributed by atoms with Gasteiger partial charge >= 0.3 is 0 Å². The van der Waals surface area contributed by atoms with Gasteiger partial charge in [0.05, 0.1) is 0 Å². The number of unbranched alkanes of at least 4 members (excludes halogenated alkanes) is 3. The van der Waals surface area contributed by atoms with Gasteiger partial charge in [-0.1, -0.05) is 26.7 Å². The lowest BCUT2D eigenvalue weighted by molar-refractivity contribution is 0.176. The van der Waals surface area contributed by atoms with Gasteiger partial charge in [0, 0.05) is 43.6 Å². The van der Waals surface area contributed by atoms with Crippen molar-refractivity contribution in [3.63, 3.8) is 0 Å². The third-order valence-corrected chi connectivity index (χ3v) is 5.98. The van der Waals surface area contributed by atoms with Crippen LogP contribution in [0.4, 0.5) is 5.95 Å². The molecule has 0 spiro atoms. The second-order valence-corrected chi connectivity index (χ2v) is 8.70. The van der Waals surface area contributed by atoms with Gasteiger partial charge in [-0.25, -0.2) is 9.97 Å². The number of hydrogen-bond acceptors (Lipinski definition) is 5. The maximum Gasteiger partial charge on any atom is 0.225 e. The van der Waals surface area contributed by atoms with Crippen LogP contribution >= 0.6 is 0 Å². The fourth-order valence-electron chi connectivity index (χ4n) is 4.40. The van der Waals surface area contributed by atoms with E-state index in [0.29, 0.717) is 18.1 Å². The van der Waals surface area contributed by atoms with Gasteiger partial charge in [0.25, 0.3) is 0 Å². The highest BCUT2D eigenvalue weighted by Gasteiger charge is 2.41. The van der Waals surface area contributed by atoms with Crippen molar-refractivity contribution in [2.45, 2.75) is 90.8 Å². The molecule has 3 heterocycles.